The van der Waals surface area contributed by atoms with E-state index in [4.69, 9.17) is 9.47 Å². The third-order valence-corrected chi connectivity index (χ3v) is 3.67. The highest BCUT2D eigenvalue weighted by molar-refractivity contribution is 9.09. The number of rotatable bonds is 10. The van der Waals surface area contributed by atoms with E-state index < -0.39 is 6.10 Å². The number of aliphatic hydroxyl groups is 1. The molecular weight excluding hydrogens is 336 g/mol. The summed E-state index contributed by atoms with van der Waals surface area (Å²) in [6.07, 6.45) is 0.843. The van der Waals surface area contributed by atoms with Gasteiger partial charge in [0.25, 0.3) is 0 Å². The molecule has 0 spiro atoms. The molecule has 1 rings (SSSR count). The van der Waals surface area contributed by atoms with Gasteiger partial charge in [0, 0.05) is 29.5 Å². The minimum absolute atomic E-state index is 0.0961. The molecule has 0 aliphatic carbocycles. The summed E-state index contributed by atoms with van der Waals surface area (Å²) in [5.41, 5.74) is 1.51. The van der Waals surface area contributed by atoms with Gasteiger partial charge in [0.15, 0.2) is 5.78 Å². The van der Waals surface area contributed by atoms with E-state index in [2.05, 4.69) is 15.9 Å². The molecule has 1 N–H and O–H groups in total. The van der Waals surface area contributed by atoms with Gasteiger partial charge < -0.3 is 14.6 Å². The van der Waals surface area contributed by atoms with E-state index in [0.717, 1.165) is 12.0 Å². The summed E-state index contributed by atoms with van der Waals surface area (Å²) in [6.45, 7) is 5.15. The molecule has 0 heterocycles. The summed E-state index contributed by atoms with van der Waals surface area (Å²) in [5.74, 6) is 0.748. The topological polar surface area (TPSA) is 55.8 Å². The van der Waals surface area contributed by atoms with Crippen LogP contribution in [0.15, 0.2) is 18.2 Å². The maximum absolute atomic E-state index is 11.8. The number of benzene rings is 1. The number of ketones is 1. The highest BCUT2D eigenvalue weighted by Crippen LogP contribution is 2.22. The first-order valence-electron chi connectivity index (χ1n) is 7.23. The molecule has 1 aromatic carbocycles. The van der Waals surface area contributed by atoms with Crippen LogP contribution in [-0.4, -0.2) is 35.5 Å². The SMILES string of the molecule is CCCOCc1cc(C(=O)CC)ccc1OCC(O)CBr. The average Bonchev–Trinajstić information content (AvgIpc) is 2.52. The van der Waals surface area contributed by atoms with Gasteiger partial charge in [0.2, 0.25) is 0 Å². The van der Waals surface area contributed by atoms with Crippen molar-refractivity contribution in [3.05, 3.63) is 29.3 Å². The summed E-state index contributed by atoms with van der Waals surface area (Å²) >= 11 is 3.20. The number of Topliss-reactive ketones (excluding diaryl/α,β-unsaturated/α-hetero) is 1. The van der Waals surface area contributed by atoms with Crippen LogP contribution in [0.1, 0.15) is 42.6 Å². The fourth-order valence-electron chi connectivity index (χ4n) is 1.77. The van der Waals surface area contributed by atoms with E-state index in [0.29, 0.717) is 36.3 Å². The van der Waals surface area contributed by atoms with Crippen molar-refractivity contribution in [1.82, 2.24) is 0 Å². The quantitative estimate of drug-likeness (QED) is 0.396. The summed E-state index contributed by atoms with van der Waals surface area (Å²) < 4.78 is 11.2. The van der Waals surface area contributed by atoms with Crippen molar-refractivity contribution in [2.75, 3.05) is 18.5 Å². The first-order chi connectivity index (χ1) is 10.1. The molecule has 0 bridgehead atoms. The minimum Gasteiger partial charge on any atom is -0.490 e. The van der Waals surface area contributed by atoms with Crippen LogP contribution in [-0.2, 0) is 11.3 Å². The molecule has 4 nitrogen and oxygen atoms in total. The number of hydrogen-bond acceptors (Lipinski definition) is 4. The first kappa shape index (κ1) is 18.1. The van der Waals surface area contributed by atoms with Gasteiger partial charge in [-0.1, -0.05) is 29.8 Å². The maximum Gasteiger partial charge on any atom is 0.162 e. The lowest BCUT2D eigenvalue weighted by Crippen LogP contribution is -2.19. The number of carbonyl (C=O) groups excluding carboxylic acids is 1. The van der Waals surface area contributed by atoms with Gasteiger partial charge in [0.05, 0.1) is 12.7 Å². The fraction of sp³-hybridized carbons (Fsp3) is 0.562. The van der Waals surface area contributed by atoms with E-state index in [1.165, 1.54) is 0 Å². The summed E-state index contributed by atoms with van der Waals surface area (Å²) in [6, 6.07) is 5.34. The molecular formula is C16H23BrO4. The van der Waals surface area contributed by atoms with E-state index >= 15 is 0 Å². The monoisotopic (exact) mass is 358 g/mol. The highest BCUT2D eigenvalue weighted by atomic mass is 79.9. The standard InChI is InChI=1S/C16H23BrO4/c1-3-7-20-10-13-8-12(15(19)4-2)5-6-16(13)21-11-14(18)9-17/h5-6,8,14,18H,3-4,7,9-11H2,1-2H3. The second-order valence-corrected chi connectivity index (χ2v) is 5.42. The van der Waals surface area contributed by atoms with Crippen molar-refractivity contribution >= 4 is 21.7 Å². The van der Waals surface area contributed by atoms with Crippen molar-refractivity contribution in [2.45, 2.75) is 39.4 Å². The average molecular weight is 359 g/mol. The van der Waals surface area contributed by atoms with Crippen LogP contribution in [0.2, 0.25) is 0 Å². The van der Waals surface area contributed by atoms with Crippen LogP contribution in [0.5, 0.6) is 5.75 Å². The normalized spacial score (nSPS) is 12.2. The van der Waals surface area contributed by atoms with Crippen molar-refractivity contribution in [3.8, 4) is 5.75 Å². The number of hydrogen-bond donors (Lipinski definition) is 1. The smallest absolute Gasteiger partial charge is 0.162 e. The Labute approximate surface area is 134 Å². The zero-order valence-electron chi connectivity index (χ0n) is 12.6. The molecule has 5 heteroatoms. The second kappa shape index (κ2) is 9.92. The zero-order chi connectivity index (χ0) is 15.7. The van der Waals surface area contributed by atoms with Gasteiger partial charge in [-0.2, -0.15) is 0 Å². The Bertz CT molecular complexity index is 448. The third kappa shape index (κ3) is 6.16. The Balaban J connectivity index is 2.85. The summed E-state index contributed by atoms with van der Waals surface area (Å²) in [7, 11) is 0. The molecule has 0 saturated heterocycles. The Morgan fingerprint density at radius 3 is 2.76 bits per heavy atom. The second-order valence-electron chi connectivity index (χ2n) is 4.77. The van der Waals surface area contributed by atoms with Gasteiger partial charge in [-0.3, -0.25) is 4.79 Å². The van der Waals surface area contributed by atoms with E-state index in [9.17, 15) is 9.90 Å². The lowest BCUT2D eigenvalue weighted by atomic mass is 10.1. The van der Waals surface area contributed by atoms with Gasteiger partial charge in [-0.05, 0) is 24.6 Å². The first-order valence-corrected chi connectivity index (χ1v) is 8.35. The molecule has 0 aromatic heterocycles. The van der Waals surface area contributed by atoms with Crippen molar-refractivity contribution in [2.24, 2.45) is 0 Å². The van der Waals surface area contributed by atoms with Crippen molar-refractivity contribution in [1.29, 1.82) is 0 Å². The van der Waals surface area contributed by atoms with E-state index in [1.54, 1.807) is 12.1 Å². The van der Waals surface area contributed by atoms with Gasteiger partial charge in [0.1, 0.15) is 12.4 Å². The minimum atomic E-state index is -0.564. The predicted octanol–water partition coefficient (Wildman–Crippen LogP) is 3.34. The third-order valence-electron chi connectivity index (χ3n) is 2.92. The molecule has 0 amide bonds. The molecule has 21 heavy (non-hydrogen) atoms. The van der Waals surface area contributed by atoms with Gasteiger partial charge in [-0.25, -0.2) is 0 Å². The number of alkyl halides is 1. The molecule has 0 saturated carbocycles. The summed E-state index contributed by atoms with van der Waals surface area (Å²) in [5, 5.41) is 10.0. The Kier molecular flexibility index (Phi) is 8.57. The number of carbonyl (C=O) groups is 1. The highest BCUT2D eigenvalue weighted by Gasteiger charge is 2.11. The van der Waals surface area contributed by atoms with Crippen LogP contribution < -0.4 is 4.74 Å². The lowest BCUT2D eigenvalue weighted by molar-refractivity contribution is 0.0985. The molecule has 118 valence electrons. The Morgan fingerprint density at radius 2 is 2.14 bits per heavy atom. The summed E-state index contributed by atoms with van der Waals surface area (Å²) in [4.78, 5) is 11.8. The molecule has 1 atom stereocenters. The Morgan fingerprint density at radius 1 is 1.38 bits per heavy atom. The van der Waals surface area contributed by atoms with Gasteiger partial charge >= 0.3 is 0 Å². The molecule has 0 aliphatic rings. The predicted molar refractivity (Wildman–Crippen MR) is 86.3 cm³/mol. The van der Waals surface area contributed by atoms with Crippen molar-refractivity contribution in [3.63, 3.8) is 0 Å². The van der Waals surface area contributed by atoms with Crippen molar-refractivity contribution < 1.29 is 19.4 Å². The van der Waals surface area contributed by atoms with Crippen LogP contribution >= 0.6 is 15.9 Å². The largest absolute Gasteiger partial charge is 0.490 e. The number of ether oxygens (including phenoxy) is 2. The molecule has 0 aliphatic heterocycles. The van der Waals surface area contributed by atoms with Crippen LogP contribution in [0.3, 0.4) is 0 Å². The lowest BCUT2D eigenvalue weighted by Gasteiger charge is -2.15. The molecule has 1 aromatic rings. The zero-order valence-corrected chi connectivity index (χ0v) is 14.2. The molecule has 0 radical (unpaired) electrons. The van der Waals surface area contributed by atoms with Crippen LogP contribution in [0.4, 0.5) is 0 Å². The molecule has 1 unspecified atom stereocenters. The Hall–Kier alpha value is -0.910. The fourth-order valence-corrected chi connectivity index (χ4v) is 1.95. The number of halogens is 1. The number of aliphatic hydroxyl groups excluding tert-OH is 1. The maximum atomic E-state index is 11.8. The molecule has 0 fully saturated rings. The van der Waals surface area contributed by atoms with E-state index in [-0.39, 0.29) is 12.4 Å². The van der Waals surface area contributed by atoms with E-state index in [1.807, 2.05) is 19.9 Å². The van der Waals surface area contributed by atoms with Crippen LogP contribution in [0.25, 0.3) is 0 Å². The van der Waals surface area contributed by atoms with Gasteiger partial charge in [-0.15, -0.1) is 0 Å². The van der Waals surface area contributed by atoms with Crippen LogP contribution in [0, 0.1) is 0 Å².